The van der Waals surface area contributed by atoms with Gasteiger partial charge in [0.1, 0.15) is 5.82 Å². The van der Waals surface area contributed by atoms with Gasteiger partial charge >= 0.3 is 0 Å². The van der Waals surface area contributed by atoms with Crippen LogP contribution in [0.15, 0.2) is 26.9 Å². The molecule has 10 nitrogen and oxygen atoms in total. The molecule has 0 bridgehead atoms. The van der Waals surface area contributed by atoms with Gasteiger partial charge in [0.25, 0.3) is 11.1 Å². The van der Waals surface area contributed by atoms with Gasteiger partial charge in [0, 0.05) is 41.0 Å². The normalized spacial score (nSPS) is 17.2. The zero-order chi connectivity index (χ0) is 24.9. The summed E-state index contributed by atoms with van der Waals surface area (Å²) in [6.07, 6.45) is 3.57. The van der Waals surface area contributed by atoms with Crippen LogP contribution in [0.5, 0.6) is 0 Å². The Morgan fingerprint density at radius 1 is 1.20 bits per heavy atom. The maximum absolute atomic E-state index is 13.1. The van der Waals surface area contributed by atoms with E-state index in [1.807, 2.05) is 26.8 Å². The summed E-state index contributed by atoms with van der Waals surface area (Å²) in [4.78, 5) is 50.3. The lowest BCUT2D eigenvalue weighted by Crippen LogP contribution is -2.28. The molecule has 5 rings (SSSR count). The van der Waals surface area contributed by atoms with Crippen molar-refractivity contribution in [1.82, 2.24) is 29.3 Å². The fraction of sp³-hybridized carbons (Fsp3) is 0.500. The number of amides is 1. The highest BCUT2D eigenvalue weighted by atomic mass is 32.2. The van der Waals surface area contributed by atoms with Crippen molar-refractivity contribution >= 4 is 23.5 Å². The third-order valence-corrected chi connectivity index (χ3v) is 7.46. The SMILES string of the molecule is Cc1cc(=O)n2c(n1)SCC2CC(=O)Nc1cc(C(C)(C)C)nn1-c1nc2c(c(=O)[nH]1)CCCC2. The van der Waals surface area contributed by atoms with E-state index >= 15 is 0 Å². The van der Waals surface area contributed by atoms with E-state index in [0.717, 1.165) is 42.6 Å². The van der Waals surface area contributed by atoms with E-state index in [0.29, 0.717) is 28.4 Å². The second-order valence-electron chi connectivity index (χ2n) is 10.2. The number of carbonyl (C=O) groups excluding carboxylic acids is 1. The lowest BCUT2D eigenvalue weighted by atomic mass is 9.92. The van der Waals surface area contributed by atoms with Crippen LogP contribution in [-0.2, 0) is 23.1 Å². The Kier molecular flexibility index (Phi) is 5.90. The quantitative estimate of drug-likeness (QED) is 0.533. The largest absolute Gasteiger partial charge is 0.310 e. The van der Waals surface area contributed by atoms with E-state index in [9.17, 15) is 14.4 Å². The van der Waals surface area contributed by atoms with Gasteiger partial charge in [0.05, 0.1) is 17.4 Å². The van der Waals surface area contributed by atoms with E-state index in [1.54, 1.807) is 11.5 Å². The molecule has 4 heterocycles. The number of anilines is 1. The summed E-state index contributed by atoms with van der Waals surface area (Å²) in [6, 6.07) is 3.02. The van der Waals surface area contributed by atoms with Gasteiger partial charge in [-0.1, -0.05) is 32.5 Å². The lowest BCUT2D eigenvalue weighted by molar-refractivity contribution is -0.116. The molecule has 0 aromatic carbocycles. The Labute approximate surface area is 206 Å². The van der Waals surface area contributed by atoms with Gasteiger partial charge in [-0.15, -0.1) is 0 Å². The predicted molar refractivity (Wildman–Crippen MR) is 134 cm³/mol. The highest BCUT2D eigenvalue weighted by Gasteiger charge is 2.29. The molecule has 1 aliphatic heterocycles. The summed E-state index contributed by atoms with van der Waals surface area (Å²) in [6.45, 7) is 7.88. The number of fused-ring (bicyclic) bond motifs is 2. The molecule has 3 aromatic heterocycles. The molecule has 2 aliphatic rings. The Hall–Kier alpha value is -3.21. The minimum absolute atomic E-state index is 0.120. The molecular weight excluding hydrogens is 466 g/mol. The van der Waals surface area contributed by atoms with E-state index in [-0.39, 0.29) is 34.9 Å². The summed E-state index contributed by atoms with van der Waals surface area (Å²) >= 11 is 1.48. The van der Waals surface area contributed by atoms with Gasteiger partial charge in [-0.05, 0) is 32.6 Å². The van der Waals surface area contributed by atoms with Gasteiger partial charge in [-0.3, -0.25) is 23.9 Å². The maximum Gasteiger partial charge on any atom is 0.255 e. The molecule has 0 spiro atoms. The molecule has 0 saturated heterocycles. The first kappa shape index (κ1) is 23.5. The predicted octanol–water partition coefficient (Wildman–Crippen LogP) is 2.67. The summed E-state index contributed by atoms with van der Waals surface area (Å²) < 4.78 is 3.10. The van der Waals surface area contributed by atoms with Crippen molar-refractivity contribution in [2.75, 3.05) is 11.1 Å². The zero-order valence-electron chi connectivity index (χ0n) is 20.3. The molecule has 1 atom stereocenters. The topological polar surface area (TPSA) is 128 Å². The van der Waals surface area contributed by atoms with Crippen LogP contribution in [0, 0.1) is 6.92 Å². The number of hydrogen-bond acceptors (Lipinski definition) is 7. The minimum Gasteiger partial charge on any atom is -0.310 e. The van der Waals surface area contributed by atoms with Crippen LogP contribution in [-0.4, -0.2) is 41.0 Å². The van der Waals surface area contributed by atoms with E-state index in [4.69, 9.17) is 4.98 Å². The number of aryl methyl sites for hydroxylation is 2. The third-order valence-electron chi connectivity index (χ3n) is 6.36. The molecule has 1 unspecified atom stereocenters. The van der Waals surface area contributed by atoms with Crippen LogP contribution in [0.25, 0.3) is 5.95 Å². The van der Waals surface area contributed by atoms with Crippen LogP contribution < -0.4 is 16.4 Å². The molecule has 35 heavy (non-hydrogen) atoms. The number of nitrogens with one attached hydrogen (secondary N) is 2. The number of thioether (sulfide) groups is 1. The highest BCUT2D eigenvalue weighted by Crippen LogP contribution is 2.32. The summed E-state index contributed by atoms with van der Waals surface area (Å²) in [7, 11) is 0. The van der Waals surface area contributed by atoms with Crippen molar-refractivity contribution in [3.05, 3.63) is 55.5 Å². The van der Waals surface area contributed by atoms with Gasteiger partial charge in [-0.25, -0.2) is 9.97 Å². The van der Waals surface area contributed by atoms with Crippen LogP contribution in [0.1, 0.15) is 68.7 Å². The molecule has 1 amide bonds. The number of rotatable bonds is 4. The van der Waals surface area contributed by atoms with E-state index in [2.05, 4.69) is 20.4 Å². The van der Waals surface area contributed by atoms with Gasteiger partial charge < -0.3 is 5.32 Å². The Morgan fingerprint density at radius 2 is 1.97 bits per heavy atom. The van der Waals surface area contributed by atoms with Crippen LogP contribution in [0.4, 0.5) is 5.82 Å². The van der Waals surface area contributed by atoms with Crippen LogP contribution in [0.2, 0.25) is 0 Å². The van der Waals surface area contributed by atoms with Crippen LogP contribution in [0.3, 0.4) is 0 Å². The second kappa shape index (κ2) is 8.78. The Bertz CT molecular complexity index is 1430. The smallest absolute Gasteiger partial charge is 0.255 e. The van der Waals surface area contributed by atoms with Gasteiger partial charge in [0.15, 0.2) is 5.16 Å². The summed E-state index contributed by atoms with van der Waals surface area (Å²) in [5.41, 5.74) is 2.37. The fourth-order valence-electron chi connectivity index (χ4n) is 4.51. The first-order chi connectivity index (χ1) is 16.6. The number of carbonyl (C=O) groups is 1. The average molecular weight is 496 g/mol. The summed E-state index contributed by atoms with van der Waals surface area (Å²) in [5.74, 6) is 1.07. The zero-order valence-corrected chi connectivity index (χ0v) is 21.2. The van der Waals surface area contributed by atoms with Crippen molar-refractivity contribution in [3.63, 3.8) is 0 Å². The number of aromatic nitrogens is 6. The molecule has 11 heteroatoms. The molecule has 1 aliphatic carbocycles. The lowest BCUT2D eigenvalue weighted by Gasteiger charge is -2.16. The van der Waals surface area contributed by atoms with Crippen molar-refractivity contribution in [2.45, 2.75) is 76.4 Å². The van der Waals surface area contributed by atoms with Crippen molar-refractivity contribution < 1.29 is 4.79 Å². The molecule has 0 radical (unpaired) electrons. The average Bonchev–Trinajstić information content (AvgIpc) is 3.38. The fourth-order valence-corrected chi connectivity index (χ4v) is 5.70. The Morgan fingerprint density at radius 3 is 2.74 bits per heavy atom. The van der Waals surface area contributed by atoms with Crippen molar-refractivity contribution in [1.29, 1.82) is 0 Å². The van der Waals surface area contributed by atoms with Crippen molar-refractivity contribution in [3.8, 4) is 5.95 Å². The number of hydrogen-bond donors (Lipinski definition) is 2. The maximum atomic E-state index is 13.1. The Balaban J connectivity index is 1.46. The first-order valence-electron chi connectivity index (χ1n) is 11.9. The third kappa shape index (κ3) is 4.56. The van der Waals surface area contributed by atoms with Gasteiger partial charge in [-0.2, -0.15) is 9.78 Å². The standard InChI is InChI=1S/C24H29N7O3S/c1-13-9-20(33)30-14(12-35-23(30)25-13)10-19(32)27-18-11-17(24(2,3)4)29-31(18)22-26-16-8-6-5-7-15(16)21(34)28-22/h9,11,14H,5-8,10,12H2,1-4H3,(H,27,32)(H,26,28,34). The summed E-state index contributed by atoms with van der Waals surface area (Å²) in [5, 5.41) is 8.27. The molecular formula is C24H29N7O3S. The molecule has 3 aromatic rings. The van der Waals surface area contributed by atoms with E-state index in [1.165, 1.54) is 22.5 Å². The monoisotopic (exact) mass is 495 g/mol. The molecule has 184 valence electrons. The molecule has 0 fully saturated rings. The molecule has 2 N–H and O–H groups in total. The minimum atomic E-state index is -0.282. The number of H-pyrrole nitrogens is 1. The number of nitrogens with zero attached hydrogens (tertiary/aromatic N) is 5. The van der Waals surface area contributed by atoms with Crippen LogP contribution >= 0.6 is 11.8 Å². The highest BCUT2D eigenvalue weighted by molar-refractivity contribution is 7.99. The van der Waals surface area contributed by atoms with Crippen molar-refractivity contribution in [2.24, 2.45) is 0 Å². The van der Waals surface area contributed by atoms with E-state index < -0.39 is 0 Å². The molecule has 0 saturated carbocycles. The number of aromatic amines is 1. The van der Waals surface area contributed by atoms with Gasteiger partial charge in [0.2, 0.25) is 11.9 Å². The second-order valence-corrected chi connectivity index (χ2v) is 11.2. The first-order valence-corrected chi connectivity index (χ1v) is 12.8.